The van der Waals surface area contributed by atoms with Gasteiger partial charge in [-0.15, -0.1) is 0 Å². The highest BCUT2D eigenvalue weighted by molar-refractivity contribution is 7.90. The Hall–Kier alpha value is -1.60. The number of nitrogens with zero attached hydrogens (tertiary/aromatic N) is 1. The van der Waals surface area contributed by atoms with Crippen molar-refractivity contribution >= 4 is 21.7 Å². The largest absolute Gasteiger partial charge is 0.332 e. The molecule has 2 aliphatic carbocycles. The maximum atomic E-state index is 12.8. The lowest BCUT2D eigenvalue weighted by molar-refractivity contribution is 0.240. The Morgan fingerprint density at radius 2 is 1.90 bits per heavy atom. The topological polar surface area (TPSA) is 78.5 Å². The summed E-state index contributed by atoms with van der Waals surface area (Å²) in [4.78, 5) is 15.0. The monoisotopic (exact) mass is 419 g/mol. The van der Waals surface area contributed by atoms with E-state index in [1.807, 2.05) is 0 Å². The number of sulfonamides is 1. The highest BCUT2D eigenvalue weighted by Crippen LogP contribution is 2.46. The second-order valence-corrected chi connectivity index (χ2v) is 10.8. The maximum Gasteiger partial charge on any atom is 0.332 e. The van der Waals surface area contributed by atoms with Crippen LogP contribution < -0.4 is 10.0 Å². The fraction of sp³-hybridized carbons (Fsp3) is 0.682. The Kier molecular flexibility index (Phi) is 5.89. The van der Waals surface area contributed by atoms with Crippen LogP contribution in [0.3, 0.4) is 0 Å². The van der Waals surface area contributed by atoms with Crippen LogP contribution in [0.1, 0.15) is 68.6 Å². The van der Waals surface area contributed by atoms with Gasteiger partial charge in [-0.05, 0) is 93.1 Å². The number of benzene rings is 1. The number of fused-ring (bicyclic) bond motifs is 1. The van der Waals surface area contributed by atoms with Gasteiger partial charge < -0.3 is 10.2 Å². The van der Waals surface area contributed by atoms with E-state index in [-0.39, 0.29) is 0 Å². The Labute approximate surface area is 174 Å². The molecule has 0 aromatic heterocycles. The van der Waals surface area contributed by atoms with Gasteiger partial charge in [0.25, 0.3) is 0 Å². The molecule has 0 spiro atoms. The summed E-state index contributed by atoms with van der Waals surface area (Å²) in [6, 6.07) is 3.71. The van der Waals surface area contributed by atoms with Crippen LogP contribution >= 0.6 is 0 Å². The molecule has 7 heteroatoms. The number of nitrogens with one attached hydrogen (secondary N) is 2. The van der Waals surface area contributed by atoms with E-state index < -0.39 is 21.3 Å². The molecule has 1 heterocycles. The van der Waals surface area contributed by atoms with Crippen LogP contribution in [0.2, 0.25) is 0 Å². The predicted octanol–water partition coefficient (Wildman–Crippen LogP) is 3.62. The molecule has 0 radical (unpaired) electrons. The molecule has 3 aliphatic rings. The molecule has 1 saturated carbocycles. The van der Waals surface area contributed by atoms with Crippen LogP contribution in [0.25, 0.3) is 0 Å². The summed E-state index contributed by atoms with van der Waals surface area (Å²) < 4.78 is 27.8. The third kappa shape index (κ3) is 4.45. The third-order valence-electron chi connectivity index (χ3n) is 7.03. The smallest absolute Gasteiger partial charge is 0.307 e. The van der Waals surface area contributed by atoms with Crippen molar-refractivity contribution < 1.29 is 13.2 Å². The van der Waals surface area contributed by atoms with E-state index in [0.717, 1.165) is 50.1 Å². The molecule has 2 fully saturated rings. The number of rotatable bonds is 6. The molecule has 160 valence electrons. The van der Waals surface area contributed by atoms with Crippen LogP contribution in [0.4, 0.5) is 10.5 Å². The molecule has 2 amide bonds. The van der Waals surface area contributed by atoms with Crippen molar-refractivity contribution in [3.63, 3.8) is 0 Å². The summed E-state index contributed by atoms with van der Waals surface area (Å²) in [6.07, 6.45) is 6.66. The molecule has 1 unspecified atom stereocenters. The zero-order valence-electron chi connectivity index (χ0n) is 17.5. The van der Waals surface area contributed by atoms with E-state index in [4.69, 9.17) is 0 Å². The summed E-state index contributed by atoms with van der Waals surface area (Å²) in [6.45, 7) is 6.76. The fourth-order valence-corrected chi connectivity index (χ4v) is 6.26. The number of amides is 2. The summed E-state index contributed by atoms with van der Waals surface area (Å²) in [7, 11) is -3.67. The fourth-order valence-electron chi connectivity index (χ4n) is 4.95. The molecule has 2 N–H and O–H groups in total. The molecular weight excluding hydrogens is 386 g/mol. The van der Waals surface area contributed by atoms with Gasteiger partial charge in [0, 0.05) is 5.69 Å². The minimum absolute atomic E-state index is 0.381. The van der Waals surface area contributed by atoms with Crippen molar-refractivity contribution in [2.45, 2.75) is 70.0 Å². The van der Waals surface area contributed by atoms with E-state index in [9.17, 15) is 13.2 Å². The second-order valence-electron chi connectivity index (χ2n) is 8.88. The highest BCUT2D eigenvalue weighted by Gasteiger charge is 2.34. The maximum absolute atomic E-state index is 12.8. The van der Waals surface area contributed by atoms with Crippen LogP contribution in [0.5, 0.6) is 0 Å². The zero-order chi connectivity index (χ0) is 20.6. The molecule has 6 nitrogen and oxygen atoms in total. The van der Waals surface area contributed by atoms with Crippen LogP contribution in [-0.4, -0.2) is 44.2 Å². The zero-order valence-corrected chi connectivity index (χ0v) is 18.4. The molecule has 1 atom stereocenters. The van der Waals surface area contributed by atoms with E-state index in [2.05, 4.69) is 40.9 Å². The Morgan fingerprint density at radius 3 is 2.55 bits per heavy atom. The third-order valence-corrected chi connectivity index (χ3v) is 8.85. The summed E-state index contributed by atoms with van der Waals surface area (Å²) in [5.74, 6) is 1.05. The lowest BCUT2D eigenvalue weighted by Crippen LogP contribution is -2.46. The average Bonchev–Trinajstić information content (AvgIpc) is 3.44. The van der Waals surface area contributed by atoms with Gasteiger partial charge in [0.2, 0.25) is 10.0 Å². The summed E-state index contributed by atoms with van der Waals surface area (Å²) >= 11 is 0. The highest BCUT2D eigenvalue weighted by atomic mass is 32.2. The first kappa shape index (κ1) is 20.7. The first-order valence-corrected chi connectivity index (χ1v) is 12.6. The van der Waals surface area contributed by atoms with E-state index in [1.165, 1.54) is 24.0 Å². The van der Waals surface area contributed by atoms with Gasteiger partial charge in [0.05, 0.1) is 5.25 Å². The molecular formula is C22H33N3O3S. The Balaban J connectivity index is 1.49. The minimum atomic E-state index is -3.67. The number of piperidine rings is 1. The van der Waals surface area contributed by atoms with E-state index in [0.29, 0.717) is 24.7 Å². The number of hydrogen-bond acceptors (Lipinski definition) is 4. The van der Waals surface area contributed by atoms with Gasteiger partial charge in [0.1, 0.15) is 0 Å². The lowest BCUT2D eigenvalue weighted by atomic mass is 9.91. The normalized spacial score (nSPS) is 21.6. The van der Waals surface area contributed by atoms with E-state index >= 15 is 0 Å². The standard InChI is InChI=1S/C22H33N3O3S/c1-3-25-13-11-18(12-14-25)29(27,28)24-22(26)23-21-19(15(2)16-7-8-16)10-9-17-5-4-6-20(17)21/h9-10,15-16,18H,3-8,11-14H2,1-2H3,(H2,23,24,26). The van der Waals surface area contributed by atoms with E-state index in [1.54, 1.807) is 0 Å². The number of likely N-dealkylation sites (tertiary alicyclic amines) is 1. The van der Waals surface area contributed by atoms with Gasteiger partial charge in [-0.25, -0.2) is 17.9 Å². The van der Waals surface area contributed by atoms with Crippen molar-refractivity contribution in [1.82, 2.24) is 9.62 Å². The number of anilines is 1. The van der Waals surface area contributed by atoms with Crippen molar-refractivity contribution in [2.24, 2.45) is 5.92 Å². The number of urea groups is 1. The molecule has 1 saturated heterocycles. The van der Waals surface area contributed by atoms with Gasteiger partial charge in [-0.2, -0.15) is 0 Å². The molecule has 1 aromatic carbocycles. The number of aryl methyl sites for hydroxylation is 1. The molecule has 1 aromatic rings. The van der Waals surface area contributed by atoms with Gasteiger partial charge in [-0.1, -0.05) is 26.0 Å². The lowest BCUT2D eigenvalue weighted by Gasteiger charge is -2.30. The van der Waals surface area contributed by atoms with Gasteiger partial charge in [0.15, 0.2) is 0 Å². The minimum Gasteiger partial charge on any atom is -0.307 e. The van der Waals surface area contributed by atoms with Crippen molar-refractivity contribution in [1.29, 1.82) is 0 Å². The van der Waals surface area contributed by atoms with Crippen LogP contribution in [0, 0.1) is 5.92 Å². The molecule has 1 aliphatic heterocycles. The van der Waals surface area contributed by atoms with Gasteiger partial charge in [-0.3, -0.25) is 0 Å². The van der Waals surface area contributed by atoms with Crippen LogP contribution in [-0.2, 0) is 22.9 Å². The number of hydrogen-bond donors (Lipinski definition) is 2. The molecule has 29 heavy (non-hydrogen) atoms. The average molecular weight is 420 g/mol. The first-order chi connectivity index (χ1) is 13.9. The molecule has 0 bridgehead atoms. The SMILES string of the molecule is CCN1CCC(S(=O)(=O)NC(=O)Nc2c(C(C)C3CC3)ccc3c2CCC3)CC1. The molecule has 4 rings (SSSR count). The van der Waals surface area contributed by atoms with Crippen molar-refractivity contribution in [2.75, 3.05) is 25.0 Å². The predicted molar refractivity (Wildman–Crippen MR) is 116 cm³/mol. The van der Waals surface area contributed by atoms with Crippen molar-refractivity contribution in [3.8, 4) is 0 Å². The Bertz CT molecular complexity index is 872. The summed E-state index contributed by atoms with van der Waals surface area (Å²) in [5, 5.41) is 2.45. The number of carbonyl (C=O) groups is 1. The first-order valence-electron chi connectivity index (χ1n) is 11.1. The quantitative estimate of drug-likeness (QED) is 0.738. The second kappa shape index (κ2) is 8.26. The van der Waals surface area contributed by atoms with Gasteiger partial charge >= 0.3 is 6.03 Å². The number of carbonyl (C=O) groups excluding carboxylic acids is 1. The van der Waals surface area contributed by atoms with Crippen molar-refractivity contribution in [3.05, 3.63) is 28.8 Å². The van der Waals surface area contributed by atoms with Crippen LogP contribution in [0.15, 0.2) is 12.1 Å². The Morgan fingerprint density at radius 1 is 1.17 bits per heavy atom. The summed E-state index contributed by atoms with van der Waals surface area (Å²) in [5.41, 5.74) is 4.48.